The molecule has 0 amide bonds. The van der Waals surface area contributed by atoms with Gasteiger partial charge in [-0.2, -0.15) is 0 Å². The monoisotopic (exact) mass is 276 g/mol. The minimum absolute atomic E-state index is 0.276. The van der Waals surface area contributed by atoms with Crippen molar-refractivity contribution in [3.05, 3.63) is 29.8 Å². The molecule has 0 saturated heterocycles. The molecule has 5 nitrogen and oxygen atoms in total. The van der Waals surface area contributed by atoms with E-state index in [0.717, 1.165) is 0 Å². The van der Waals surface area contributed by atoms with E-state index in [9.17, 15) is 14.4 Å². The molecular formula is C15H16O5. The number of ketones is 2. The van der Waals surface area contributed by atoms with Crippen LogP contribution in [-0.2, 0) is 14.3 Å². The van der Waals surface area contributed by atoms with Gasteiger partial charge >= 0.3 is 5.97 Å². The standard InChI is InChI=1S/C15H16O5/c1-19-11-5-3-10(4-6-11)12(16)9-13(17)15(7-8-15)14(18)20-2/h3-6H,7-9H2,1-2H3. The summed E-state index contributed by atoms with van der Waals surface area (Å²) < 4.78 is 9.63. The maximum Gasteiger partial charge on any atom is 0.319 e. The Morgan fingerprint density at radius 1 is 1.10 bits per heavy atom. The van der Waals surface area contributed by atoms with E-state index in [-0.39, 0.29) is 18.0 Å². The van der Waals surface area contributed by atoms with Gasteiger partial charge in [-0.25, -0.2) is 0 Å². The van der Waals surface area contributed by atoms with Gasteiger partial charge in [-0.15, -0.1) is 0 Å². The summed E-state index contributed by atoms with van der Waals surface area (Å²) in [7, 11) is 2.79. The zero-order valence-electron chi connectivity index (χ0n) is 11.5. The quantitative estimate of drug-likeness (QED) is 0.450. The van der Waals surface area contributed by atoms with E-state index in [1.807, 2.05) is 0 Å². The first-order chi connectivity index (χ1) is 9.53. The van der Waals surface area contributed by atoms with E-state index in [4.69, 9.17) is 4.74 Å². The Morgan fingerprint density at radius 3 is 2.15 bits per heavy atom. The summed E-state index contributed by atoms with van der Waals surface area (Å²) >= 11 is 0. The van der Waals surface area contributed by atoms with Crippen molar-refractivity contribution in [2.24, 2.45) is 5.41 Å². The minimum Gasteiger partial charge on any atom is -0.497 e. The Bertz CT molecular complexity index is 540. The lowest BCUT2D eigenvalue weighted by Gasteiger charge is -2.10. The largest absolute Gasteiger partial charge is 0.497 e. The second-order valence-electron chi connectivity index (χ2n) is 4.83. The van der Waals surface area contributed by atoms with Gasteiger partial charge in [0.2, 0.25) is 0 Å². The van der Waals surface area contributed by atoms with Crippen molar-refractivity contribution in [2.75, 3.05) is 14.2 Å². The number of esters is 1. The molecule has 0 aromatic heterocycles. The fourth-order valence-electron chi connectivity index (χ4n) is 2.11. The van der Waals surface area contributed by atoms with Crippen molar-refractivity contribution in [1.82, 2.24) is 0 Å². The Morgan fingerprint density at radius 2 is 1.70 bits per heavy atom. The topological polar surface area (TPSA) is 69.7 Å². The molecule has 0 bridgehead atoms. The fraction of sp³-hybridized carbons (Fsp3) is 0.400. The molecule has 0 spiro atoms. The van der Waals surface area contributed by atoms with E-state index in [1.54, 1.807) is 24.3 Å². The summed E-state index contributed by atoms with van der Waals surface area (Å²) in [5.74, 6) is -0.552. The Labute approximate surface area is 116 Å². The average Bonchev–Trinajstić information content (AvgIpc) is 3.28. The molecule has 0 atom stereocenters. The predicted molar refractivity (Wildman–Crippen MR) is 70.6 cm³/mol. The van der Waals surface area contributed by atoms with Gasteiger partial charge in [-0.05, 0) is 37.1 Å². The number of ether oxygens (including phenoxy) is 2. The average molecular weight is 276 g/mol. The second kappa shape index (κ2) is 5.45. The van der Waals surface area contributed by atoms with E-state index >= 15 is 0 Å². The van der Waals surface area contributed by atoms with Crippen LogP contribution < -0.4 is 4.74 Å². The highest BCUT2D eigenvalue weighted by molar-refractivity contribution is 6.16. The van der Waals surface area contributed by atoms with Crippen LogP contribution in [0.3, 0.4) is 0 Å². The number of Topliss-reactive ketones (excluding diaryl/α,β-unsaturated/α-hetero) is 2. The number of carbonyl (C=O) groups excluding carboxylic acids is 3. The van der Waals surface area contributed by atoms with Crippen LogP contribution in [0.1, 0.15) is 29.6 Å². The lowest BCUT2D eigenvalue weighted by molar-refractivity contribution is -0.151. The zero-order valence-corrected chi connectivity index (χ0v) is 11.5. The predicted octanol–water partition coefficient (Wildman–Crippen LogP) is 1.79. The van der Waals surface area contributed by atoms with Gasteiger partial charge in [-0.1, -0.05) is 0 Å². The molecule has 0 aliphatic heterocycles. The molecule has 0 N–H and O–H groups in total. The first-order valence-corrected chi connectivity index (χ1v) is 6.32. The number of hydrogen-bond acceptors (Lipinski definition) is 5. The van der Waals surface area contributed by atoms with Crippen LogP contribution in [0.4, 0.5) is 0 Å². The van der Waals surface area contributed by atoms with Crippen LogP contribution in [0.2, 0.25) is 0 Å². The molecule has 1 aliphatic rings. The van der Waals surface area contributed by atoms with Gasteiger partial charge in [0.1, 0.15) is 11.2 Å². The second-order valence-corrected chi connectivity index (χ2v) is 4.83. The highest BCUT2D eigenvalue weighted by Gasteiger charge is 2.57. The highest BCUT2D eigenvalue weighted by Crippen LogP contribution is 2.48. The van der Waals surface area contributed by atoms with Crippen molar-refractivity contribution in [3.63, 3.8) is 0 Å². The molecule has 1 aromatic carbocycles. The molecule has 1 fully saturated rings. The fourth-order valence-corrected chi connectivity index (χ4v) is 2.11. The van der Waals surface area contributed by atoms with Crippen LogP contribution in [0, 0.1) is 5.41 Å². The van der Waals surface area contributed by atoms with Crippen molar-refractivity contribution >= 4 is 17.5 Å². The maximum atomic E-state index is 12.1. The Balaban J connectivity index is 2.04. The summed E-state index contributed by atoms with van der Waals surface area (Å²) in [6.45, 7) is 0. The van der Waals surface area contributed by atoms with Crippen LogP contribution in [-0.4, -0.2) is 31.8 Å². The van der Waals surface area contributed by atoms with Crippen LogP contribution in [0.15, 0.2) is 24.3 Å². The molecule has 1 aliphatic carbocycles. The summed E-state index contributed by atoms with van der Waals surface area (Å²) in [6, 6.07) is 6.52. The number of rotatable bonds is 6. The molecule has 0 radical (unpaired) electrons. The molecule has 1 aromatic rings. The maximum absolute atomic E-state index is 12.1. The van der Waals surface area contributed by atoms with Gasteiger partial charge in [-0.3, -0.25) is 14.4 Å². The summed E-state index contributed by atoms with van der Waals surface area (Å²) in [5, 5.41) is 0. The van der Waals surface area contributed by atoms with Crippen molar-refractivity contribution in [1.29, 1.82) is 0 Å². The van der Waals surface area contributed by atoms with E-state index in [1.165, 1.54) is 14.2 Å². The number of methoxy groups -OCH3 is 2. The first-order valence-electron chi connectivity index (χ1n) is 6.32. The normalized spacial score (nSPS) is 15.3. The Kier molecular flexibility index (Phi) is 3.88. The third-order valence-corrected chi connectivity index (χ3v) is 3.59. The third kappa shape index (κ3) is 2.57. The van der Waals surface area contributed by atoms with Gasteiger partial charge in [0.05, 0.1) is 20.6 Å². The van der Waals surface area contributed by atoms with E-state index < -0.39 is 11.4 Å². The van der Waals surface area contributed by atoms with Crippen LogP contribution in [0.5, 0.6) is 5.75 Å². The number of carbonyl (C=O) groups is 3. The van der Waals surface area contributed by atoms with Crippen LogP contribution in [0.25, 0.3) is 0 Å². The number of hydrogen-bond donors (Lipinski definition) is 0. The van der Waals surface area contributed by atoms with E-state index in [0.29, 0.717) is 24.2 Å². The molecular weight excluding hydrogens is 260 g/mol. The molecule has 5 heteroatoms. The van der Waals surface area contributed by atoms with Gasteiger partial charge in [0.15, 0.2) is 11.6 Å². The minimum atomic E-state index is -1.07. The van der Waals surface area contributed by atoms with Crippen molar-refractivity contribution in [3.8, 4) is 5.75 Å². The van der Waals surface area contributed by atoms with Crippen molar-refractivity contribution < 1.29 is 23.9 Å². The summed E-state index contributed by atoms with van der Waals surface area (Å²) in [6.07, 6.45) is 0.657. The smallest absolute Gasteiger partial charge is 0.319 e. The van der Waals surface area contributed by atoms with Crippen LogP contribution >= 0.6 is 0 Å². The SMILES string of the molecule is COC(=O)C1(C(=O)CC(=O)c2ccc(OC)cc2)CC1. The van der Waals surface area contributed by atoms with Gasteiger partial charge < -0.3 is 9.47 Å². The summed E-state index contributed by atoms with van der Waals surface area (Å²) in [5.41, 5.74) is -0.642. The van der Waals surface area contributed by atoms with Gasteiger partial charge in [0.25, 0.3) is 0 Å². The highest BCUT2D eigenvalue weighted by atomic mass is 16.5. The lowest BCUT2D eigenvalue weighted by atomic mass is 9.94. The molecule has 1 saturated carbocycles. The van der Waals surface area contributed by atoms with E-state index in [2.05, 4.69) is 4.74 Å². The molecule has 106 valence electrons. The zero-order chi connectivity index (χ0) is 14.8. The molecule has 2 rings (SSSR count). The Hall–Kier alpha value is -2.17. The lowest BCUT2D eigenvalue weighted by Crippen LogP contribution is -2.28. The third-order valence-electron chi connectivity index (χ3n) is 3.59. The van der Waals surface area contributed by atoms with Crippen molar-refractivity contribution in [2.45, 2.75) is 19.3 Å². The molecule has 0 unspecified atom stereocenters. The summed E-state index contributed by atoms with van der Waals surface area (Å²) in [4.78, 5) is 35.7. The van der Waals surface area contributed by atoms with Gasteiger partial charge in [0, 0.05) is 5.56 Å². The molecule has 20 heavy (non-hydrogen) atoms. The number of benzene rings is 1. The first kappa shape index (κ1) is 14.2. The molecule has 0 heterocycles.